The molecule has 0 aliphatic carbocycles. The van der Waals surface area contributed by atoms with Crippen LogP contribution in [0, 0.1) is 11.8 Å². The molecule has 0 spiro atoms. The molecule has 1 N–H and O–H groups in total. The van der Waals surface area contributed by atoms with Gasteiger partial charge in [0.2, 0.25) is 0 Å². The van der Waals surface area contributed by atoms with Crippen LogP contribution in [0.2, 0.25) is 0 Å². The summed E-state index contributed by atoms with van der Waals surface area (Å²) in [7, 11) is 1.66. The maximum Gasteiger partial charge on any atom is 0.416 e. The molecule has 0 fully saturated rings. The summed E-state index contributed by atoms with van der Waals surface area (Å²) in [5, 5.41) is 2.92. The summed E-state index contributed by atoms with van der Waals surface area (Å²) in [4.78, 5) is 0. The van der Waals surface area contributed by atoms with Crippen LogP contribution < -0.4 is 5.32 Å². The van der Waals surface area contributed by atoms with Crippen LogP contribution in [-0.2, 0) is 6.18 Å². The second-order valence-electron chi connectivity index (χ2n) is 3.89. The summed E-state index contributed by atoms with van der Waals surface area (Å²) in [6.45, 7) is 1.72. The van der Waals surface area contributed by atoms with E-state index in [1.165, 1.54) is 12.1 Å². The Morgan fingerprint density at radius 2 is 1.94 bits per heavy atom. The molecule has 1 rings (SSSR count). The smallest absolute Gasteiger partial charge is 0.313 e. The van der Waals surface area contributed by atoms with Crippen LogP contribution in [0.25, 0.3) is 0 Å². The molecule has 0 saturated carbocycles. The van der Waals surface area contributed by atoms with E-state index >= 15 is 0 Å². The van der Waals surface area contributed by atoms with E-state index < -0.39 is 11.7 Å². The van der Waals surface area contributed by atoms with Crippen molar-refractivity contribution < 1.29 is 13.2 Å². The monoisotopic (exact) mass is 255 g/mol. The van der Waals surface area contributed by atoms with Gasteiger partial charge in [-0.15, -0.1) is 11.8 Å². The molecule has 1 nitrogen and oxygen atoms in total. The summed E-state index contributed by atoms with van der Waals surface area (Å²) in [6, 6.07) is 5.34. The average molecular weight is 255 g/mol. The first-order valence-corrected chi connectivity index (χ1v) is 5.73. The molecule has 0 aromatic heterocycles. The van der Waals surface area contributed by atoms with Gasteiger partial charge in [-0.1, -0.05) is 18.2 Å². The van der Waals surface area contributed by atoms with Gasteiger partial charge >= 0.3 is 6.18 Å². The maximum atomic E-state index is 12.9. The molecule has 1 aromatic rings. The van der Waals surface area contributed by atoms with Gasteiger partial charge in [0.15, 0.2) is 0 Å². The first-order valence-electron chi connectivity index (χ1n) is 5.73. The predicted molar refractivity (Wildman–Crippen MR) is 65.9 cm³/mol. The Bertz CT molecular complexity index is 440. The molecule has 0 heterocycles. The van der Waals surface area contributed by atoms with Crippen molar-refractivity contribution in [3.63, 3.8) is 0 Å². The minimum absolute atomic E-state index is 0.283. The highest BCUT2D eigenvalue weighted by atomic mass is 19.4. The van der Waals surface area contributed by atoms with Crippen molar-refractivity contribution in [2.24, 2.45) is 0 Å². The third-order valence-electron chi connectivity index (χ3n) is 2.72. The van der Waals surface area contributed by atoms with Crippen LogP contribution in [-0.4, -0.2) is 7.05 Å². The Morgan fingerprint density at radius 1 is 1.28 bits per heavy atom. The Morgan fingerprint density at radius 3 is 2.50 bits per heavy atom. The lowest BCUT2D eigenvalue weighted by Gasteiger charge is -2.20. The number of halogens is 3. The summed E-state index contributed by atoms with van der Waals surface area (Å²) >= 11 is 0. The van der Waals surface area contributed by atoms with Gasteiger partial charge in [0.05, 0.1) is 5.56 Å². The van der Waals surface area contributed by atoms with Gasteiger partial charge in [0.1, 0.15) is 0 Å². The van der Waals surface area contributed by atoms with Crippen LogP contribution in [0.4, 0.5) is 13.2 Å². The lowest BCUT2D eigenvalue weighted by Crippen LogP contribution is -2.20. The molecule has 0 bridgehead atoms. The van der Waals surface area contributed by atoms with Crippen LogP contribution in [0.1, 0.15) is 36.9 Å². The zero-order chi connectivity index (χ0) is 13.6. The Balaban J connectivity index is 3.00. The number of alkyl halides is 3. The highest BCUT2D eigenvalue weighted by Crippen LogP contribution is 2.35. The first kappa shape index (κ1) is 14.6. The average Bonchev–Trinajstić information content (AvgIpc) is 2.34. The molecule has 0 radical (unpaired) electrons. The Hall–Kier alpha value is -1.47. The highest BCUT2D eigenvalue weighted by molar-refractivity contribution is 5.32. The van der Waals surface area contributed by atoms with Crippen LogP contribution in [0.3, 0.4) is 0 Å². The van der Waals surface area contributed by atoms with Crippen molar-refractivity contribution in [2.75, 3.05) is 7.05 Å². The third kappa shape index (κ3) is 3.78. The standard InChI is InChI=1S/C14H16F3N/c1-3-4-5-10-13(18-2)11-8-6-7-9-12(11)14(15,16)17/h6-9,13,18H,5,10H2,1-2H3. The normalized spacial score (nSPS) is 12.7. The van der Waals surface area contributed by atoms with Crippen LogP contribution in [0.5, 0.6) is 0 Å². The predicted octanol–water partition coefficient (Wildman–Crippen LogP) is 3.77. The van der Waals surface area contributed by atoms with Gasteiger partial charge in [0, 0.05) is 12.5 Å². The first-order chi connectivity index (χ1) is 8.50. The molecule has 0 aliphatic rings. The number of hydrogen-bond acceptors (Lipinski definition) is 1. The third-order valence-corrected chi connectivity index (χ3v) is 2.72. The maximum absolute atomic E-state index is 12.9. The quantitative estimate of drug-likeness (QED) is 0.807. The molecule has 1 unspecified atom stereocenters. The van der Waals surface area contributed by atoms with Gasteiger partial charge in [-0.3, -0.25) is 0 Å². The van der Waals surface area contributed by atoms with E-state index in [0.29, 0.717) is 12.8 Å². The van der Waals surface area contributed by atoms with Gasteiger partial charge in [0.25, 0.3) is 0 Å². The minimum Gasteiger partial charge on any atom is -0.313 e. The topological polar surface area (TPSA) is 12.0 Å². The Kier molecular flexibility index (Phi) is 5.24. The van der Waals surface area contributed by atoms with Crippen molar-refractivity contribution in [1.29, 1.82) is 0 Å². The number of benzene rings is 1. The zero-order valence-corrected chi connectivity index (χ0v) is 10.4. The van der Waals surface area contributed by atoms with E-state index in [2.05, 4.69) is 17.2 Å². The van der Waals surface area contributed by atoms with E-state index in [9.17, 15) is 13.2 Å². The van der Waals surface area contributed by atoms with E-state index in [1.54, 1.807) is 20.0 Å². The molecule has 4 heteroatoms. The van der Waals surface area contributed by atoms with E-state index in [-0.39, 0.29) is 11.6 Å². The van der Waals surface area contributed by atoms with Gasteiger partial charge in [-0.05, 0) is 32.0 Å². The van der Waals surface area contributed by atoms with Crippen LogP contribution in [0.15, 0.2) is 24.3 Å². The highest BCUT2D eigenvalue weighted by Gasteiger charge is 2.34. The molecule has 0 aliphatic heterocycles. The van der Waals surface area contributed by atoms with E-state index in [0.717, 1.165) is 6.07 Å². The van der Waals surface area contributed by atoms with E-state index in [4.69, 9.17) is 0 Å². The second-order valence-corrected chi connectivity index (χ2v) is 3.89. The lowest BCUT2D eigenvalue weighted by molar-refractivity contribution is -0.138. The summed E-state index contributed by atoms with van der Waals surface area (Å²) < 4.78 is 38.6. The fourth-order valence-electron chi connectivity index (χ4n) is 1.86. The van der Waals surface area contributed by atoms with Gasteiger partial charge in [-0.25, -0.2) is 0 Å². The largest absolute Gasteiger partial charge is 0.416 e. The molecule has 0 saturated heterocycles. The molecule has 1 aromatic carbocycles. The summed E-state index contributed by atoms with van der Waals surface area (Å²) in [5.74, 6) is 5.61. The SMILES string of the molecule is CC#CCCC(NC)c1ccccc1C(F)(F)F. The van der Waals surface area contributed by atoms with Crippen LogP contribution >= 0.6 is 0 Å². The van der Waals surface area contributed by atoms with Gasteiger partial charge < -0.3 is 5.32 Å². The molecular formula is C14H16F3N. The molecule has 98 valence electrons. The lowest BCUT2D eigenvalue weighted by atomic mass is 9.96. The fraction of sp³-hybridized carbons (Fsp3) is 0.429. The molecule has 0 amide bonds. The molecule has 18 heavy (non-hydrogen) atoms. The van der Waals surface area contributed by atoms with Gasteiger partial charge in [-0.2, -0.15) is 13.2 Å². The van der Waals surface area contributed by atoms with Crippen molar-refractivity contribution in [3.8, 4) is 11.8 Å². The molecule has 1 atom stereocenters. The Labute approximate surface area is 105 Å². The number of hydrogen-bond donors (Lipinski definition) is 1. The minimum atomic E-state index is -4.32. The second kappa shape index (κ2) is 6.46. The fourth-order valence-corrected chi connectivity index (χ4v) is 1.86. The van der Waals surface area contributed by atoms with Crippen molar-refractivity contribution in [3.05, 3.63) is 35.4 Å². The summed E-state index contributed by atoms with van der Waals surface area (Å²) in [5.41, 5.74) is -0.292. The number of rotatable bonds is 4. The summed E-state index contributed by atoms with van der Waals surface area (Å²) in [6.07, 6.45) is -3.18. The van der Waals surface area contributed by atoms with Crippen molar-refractivity contribution >= 4 is 0 Å². The van der Waals surface area contributed by atoms with Crippen molar-refractivity contribution in [2.45, 2.75) is 32.0 Å². The number of nitrogens with one attached hydrogen (secondary N) is 1. The van der Waals surface area contributed by atoms with E-state index in [1.807, 2.05) is 0 Å². The molecular weight excluding hydrogens is 239 g/mol. The van der Waals surface area contributed by atoms with Crippen molar-refractivity contribution in [1.82, 2.24) is 5.32 Å². The zero-order valence-electron chi connectivity index (χ0n) is 10.4.